The summed E-state index contributed by atoms with van der Waals surface area (Å²) in [5.74, 6) is 1.29. The van der Waals surface area contributed by atoms with Crippen molar-refractivity contribution in [3.63, 3.8) is 0 Å². The summed E-state index contributed by atoms with van der Waals surface area (Å²) in [4.78, 5) is 11.9. The molecule has 7 nitrogen and oxygen atoms in total. The van der Waals surface area contributed by atoms with Crippen LogP contribution in [0.2, 0.25) is 5.02 Å². The molecule has 2 aromatic heterocycles. The van der Waals surface area contributed by atoms with Crippen molar-refractivity contribution in [2.45, 2.75) is 19.1 Å². The van der Waals surface area contributed by atoms with E-state index in [1.54, 1.807) is 25.2 Å². The highest BCUT2D eigenvalue weighted by Crippen LogP contribution is 2.29. The quantitative estimate of drug-likeness (QED) is 0.259. The summed E-state index contributed by atoms with van der Waals surface area (Å²) < 4.78 is 43.0. The van der Waals surface area contributed by atoms with E-state index in [-0.39, 0.29) is 30.5 Å². The normalized spacial score (nSPS) is 11.8. The lowest BCUT2D eigenvalue weighted by molar-refractivity contribution is -0.140. The molecule has 0 aliphatic heterocycles. The minimum atomic E-state index is -4.44. The van der Waals surface area contributed by atoms with Crippen LogP contribution in [0, 0.1) is 0 Å². The minimum absolute atomic E-state index is 0. The van der Waals surface area contributed by atoms with Gasteiger partial charge in [0.25, 0.3) is 0 Å². The van der Waals surface area contributed by atoms with Gasteiger partial charge in [0.2, 0.25) is 11.7 Å². The summed E-state index contributed by atoms with van der Waals surface area (Å²) in [6, 6.07) is 7.12. The number of halogens is 5. The van der Waals surface area contributed by atoms with Crippen LogP contribution in [0.1, 0.15) is 16.6 Å². The van der Waals surface area contributed by atoms with Gasteiger partial charge in [-0.25, -0.2) is 4.98 Å². The standard InChI is InChI=1S/C17H16ClF3N6OS.HI/c1-22-16(24-8-14-25-12(9-29-14)17(19,20)21)23-6-5-13-26-15(27-28-13)10-3-2-4-11(18)7-10;/h2-4,7,9H,5-6,8H2,1H3,(H2,22,23,24);1H. The van der Waals surface area contributed by atoms with E-state index < -0.39 is 11.9 Å². The predicted molar refractivity (Wildman–Crippen MR) is 119 cm³/mol. The summed E-state index contributed by atoms with van der Waals surface area (Å²) in [5, 5.41) is 11.7. The number of hydrogen-bond acceptors (Lipinski definition) is 6. The van der Waals surface area contributed by atoms with Crippen LogP contribution in [0.5, 0.6) is 0 Å². The Labute approximate surface area is 196 Å². The average molecular weight is 573 g/mol. The molecule has 0 atom stereocenters. The third kappa shape index (κ3) is 6.80. The van der Waals surface area contributed by atoms with Gasteiger partial charge in [-0.2, -0.15) is 18.2 Å². The van der Waals surface area contributed by atoms with Crippen LogP contribution in [0.15, 0.2) is 39.2 Å². The Bertz CT molecular complexity index is 994. The van der Waals surface area contributed by atoms with Crippen LogP contribution in [0.25, 0.3) is 11.4 Å². The molecule has 1 aromatic carbocycles. The van der Waals surface area contributed by atoms with Crippen molar-refractivity contribution in [3.8, 4) is 11.4 Å². The van der Waals surface area contributed by atoms with E-state index in [0.717, 1.165) is 22.3 Å². The first kappa shape index (κ1) is 24.3. The molecular formula is C17H17ClF3IN6OS. The number of nitrogens with one attached hydrogen (secondary N) is 2. The van der Waals surface area contributed by atoms with Crippen LogP contribution in [-0.2, 0) is 19.1 Å². The third-order valence-electron chi connectivity index (χ3n) is 3.66. The van der Waals surface area contributed by atoms with E-state index >= 15 is 0 Å². The molecule has 3 rings (SSSR count). The summed E-state index contributed by atoms with van der Waals surface area (Å²) in [5.41, 5.74) is -0.145. The molecular weight excluding hydrogens is 556 g/mol. The first-order chi connectivity index (χ1) is 13.8. The van der Waals surface area contributed by atoms with E-state index in [4.69, 9.17) is 16.1 Å². The Kier molecular flexibility index (Phi) is 8.85. The van der Waals surface area contributed by atoms with Crippen molar-refractivity contribution in [3.05, 3.63) is 51.3 Å². The van der Waals surface area contributed by atoms with Crippen LogP contribution in [-0.4, -0.2) is 34.7 Å². The first-order valence-electron chi connectivity index (χ1n) is 8.40. The highest BCUT2D eigenvalue weighted by molar-refractivity contribution is 14.0. The number of nitrogens with zero attached hydrogens (tertiary/aromatic N) is 4. The number of guanidine groups is 1. The molecule has 0 aliphatic rings. The van der Waals surface area contributed by atoms with Gasteiger partial charge in [0.1, 0.15) is 5.01 Å². The van der Waals surface area contributed by atoms with Crippen molar-refractivity contribution < 1.29 is 17.7 Å². The Morgan fingerprint density at radius 3 is 2.73 bits per heavy atom. The number of benzene rings is 1. The van der Waals surface area contributed by atoms with Crippen LogP contribution >= 0.6 is 46.9 Å². The highest BCUT2D eigenvalue weighted by Gasteiger charge is 2.33. The van der Waals surface area contributed by atoms with Gasteiger partial charge in [0.15, 0.2) is 11.7 Å². The lowest BCUT2D eigenvalue weighted by atomic mass is 10.2. The van der Waals surface area contributed by atoms with Gasteiger partial charge in [0, 0.05) is 36.0 Å². The van der Waals surface area contributed by atoms with Gasteiger partial charge in [-0.15, -0.1) is 35.3 Å². The SMILES string of the molecule is CN=C(NCCc1nc(-c2cccc(Cl)c2)no1)NCc1nc(C(F)(F)F)cs1.I. The summed E-state index contributed by atoms with van der Waals surface area (Å²) in [6.07, 6.45) is -4.01. The third-order valence-corrected chi connectivity index (χ3v) is 4.74. The van der Waals surface area contributed by atoms with E-state index in [1.807, 2.05) is 6.07 Å². The number of rotatable bonds is 6. The summed E-state index contributed by atoms with van der Waals surface area (Å²) in [6.45, 7) is 0.558. The molecule has 0 saturated carbocycles. The van der Waals surface area contributed by atoms with E-state index in [0.29, 0.717) is 40.7 Å². The molecule has 0 fully saturated rings. The maximum absolute atomic E-state index is 12.6. The van der Waals surface area contributed by atoms with Gasteiger partial charge in [0.05, 0.1) is 6.54 Å². The van der Waals surface area contributed by atoms with Crippen LogP contribution in [0.4, 0.5) is 13.2 Å². The Balaban J connectivity index is 0.00000320. The molecule has 2 N–H and O–H groups in total. The summed E-state index contributed by atoms with van der Waals surface area (Å²) in [7, 11) is 1.56. The van der Waals surface area contributed by atoms with Crippen molar-refractivity contribution in [2.24, 2.45) is 4.99 Å². The zero-order valence-electron chi connectivity index (χ0n) is 15.5. The number of aromatic nitrogens is 3. The van der Waals surface area contributed by atoms with Gasteiger partial charge in [-0.3, -0.25) is 4.99 Å². The first-order valence-corrected chi connectivity index (χ1v) is 9.65. The van der Waals surface area contributed by atoms with Crippen molar-refractivity contribution in [2.75, 3.05) is 13.6 Å². The molecule has 0 unspecified atom stereocenters. The lowest BCUT2D eigenvalue weighted by Gasteiger charge is -2.09. The zero-order valence-corrected chi connectivity index (χ0v) is 19.4. The number of hydrogen-bond donors (Lipinski definition) is 2. The molecule has 0 spiro atoms. The Morgan fingerprint density at radius 2 is 2.07 bits per heavy atom. The van der Waals surface area contributed by atoms with Crippen molar-refractivity contribution >= 4 is 52.9 Å². The Hall–Kier alpha value is -1.93. The zero-order chi connectivity index (χ0) is 20.9. The lowest BCUT2D eigenvalue weighted by Crippen LogP contribution is -2.37. The average Bonchev–Trinajstić information content (AvgIpc) is 3.34. The minimum Gasteiger partial charge on any atom is -0.356 e. The molecule has 0 aliphatic carbocycles. The molecule has 3 aromatic rings. The fourth-order valence-electron chi connectivity index (χ4n) is 2.29. The van der Waals surface area contributed by atoms with Crippen LogP contribution < -0.4 is 10.6 Å². The van der Waals surface area contributed by atoms with Gasteiger partial charge in [-0.1, -0.05) is 28.9 Å². The molecule has 13 heteroatoms. The monoisotopic (exact) mass is 572 g/mol. The molecule has 2 heterocycles. The molecule has 0 bridgehead atoms. The Morgan fingerprint density at radius 1 is 1.27 bits per heavy atom. The number of aliphatic imine (C=N–C) groups is 1. The van der Waals surface area contributed by atoms with Gasteiger partial charge < -0.3 is 15.2 Å². The van der Waals surface area contributed by atoms with Crippen molar-refractivity contribution in [1.29, 1.82) is 0 Å². The van der Waals surface area contributed by atoms with Gasteiger partial charge in [-0.05, 0) is 12.1 Å². The van der Waals surface area contributed by atoms with E-state index in [2.05, 4.69) is 30.8 Å². The number of alkyl halides is 3. The number of thiazole rings is 1. The fraction of sp³-hybridized carbons (Fsp3) is 0.294. The topological polar surface area (TPSA) is 88.2 Å². The molecule has 0 saturated heterocycles. The van der Waals surface area contributed by atoms with E-state index in [1.165, 1.54) is 0 Å². The second-order valence-electron chi connectivity index (χ2n) is 5.75. The van der Waals surface area contributed by atoms with Crippen molar-refractivity contribution in [1.82, 2.24) is 25.8 Å². The highest BCUT2D eigenvalue weighted by atomic mass is 127. The maximum atomic E-state index is 12.6. The molecule has 0 radical (unpaired) electrons. The molecule has 0 amide bonds. The smallest absolute Gasteiger partial charge is 0.356 e. The maximum Gasteiger partial charge on any atom is 0.434 e. The molecule has 162 valence electrons. The van der Waals surface area contributed by atoms with Gasteiger partial charge >= 0.3 is 6.18 Å². The second kappa shape index (κ2) is 10.9. The van der Waals surface area contributed by atoms with Crippen LogP contribution in [0.3, 0.4) is 0 Å². The predicted octanol–water partition coefficient (Wildman–Crippen LogP) is 4.39. The largest absolute Gasteiger partial charge is 0.434 e. The fourth-order valence-corrected chi connectivity index (χ4v) is 3.22. The van der Waals surface area contributed by atoms with E-state index in [9.17, 15) is 13.2 Å². The second-order valence-corrected chi connectivity index (χ2v) is 7.13. The summed E-state index contributed by atoms with van der Waals surface area (Å²) >= 11 is 6.89. The molecule has 30 heavy (non-hydrogen) atoms.